The minimum Gasteiger partial charge on any atom is -0.388 e. The highest BCUT2D eigenvalue weighted by molar-refractivity contribution is 7.12. The van der Waals surface area contributed by atoms with Gasteiger partial charge in [-0.2, -0.15) is 0 Å². The number of aromatic nitrogens is 1. The third-order valence-corrected chi connectivity index (χ3v) is 7.14. The number of ketones is 1. The number of benzene rings is 3. The Morgan fingerprint density at radius 2 is 1.72 bits per heavy atom. The van der Waals surface area contributed by atoms with Crippen LogP contribution < -0.4 is 0 Å². The average Bonchev–Trinajstić information content (AvgIpc) is 3.45. The smallest absolute Gasteiger partial charge is 0.202 e. The molecular weight excluding hydrogens is 414 g/mol. The number of hydrogen-bond acceptors (Lipinski definition) is 3. The highest BCUT2D eigenvalue weighted by Gasteiger charge is 2.17. The van der Waals surface area contributed by atoms with E-state index in [1.54, 1.807) is 0 Å². The lowest BCUT2D eigenvalue weighted by Gasteiger charge is -2.13. The number of aryl methyl sites for hydroxylation is 2. The molecule has 0 fully saturated rings. The van der Waals surface area contributed by atoms with Gasteiger partial charge >= 0.3 is 0 Å². The first-order valence-electron chi connectivity index (χ1n) is 10.9. The van der Waals surface area contributed by atoms with Crippen LogP contribution >= 0.6 is 11.3 Å². The van der Waals surface area contributed by atoms with Crippen LogP contribution in [-0.2, 0) is 13.0 Å². The maximum atomic E-state index is 12.9. The molecule has 1 atom stereocenters. The fraction of sp³-hybridized carbons (Fsp3) is 0.179. The summed E-state index contributed by atoms with van der Waals surface area (Å²) >= 11 is 1.47. The Morgan fingerprint density at radius 1 is 0.969 bits per heavy atom. The standard InChI is InChI=1S/C28H25NO2S/c1-3-29-24-12-10-20(26(30)17-19-8-5-4-7-18(19)2)15-22(24)23-16-21(11-13-25(23)29)28(31)27-9-6-14-32-27/h4-16,26,30H,3,17H2,1-2H3. The first-order chi connectivity index (χ1) is 15.6. The number of nitrogens with zero attached hydrogens (tertiary/aromatic N) is 1. The lowest BCUT2D eigenvalue weighted by atomic mass is 9.97. The van der Waals surface area contributed by atoms with Crippen LogP contribution in [0.15, 0.2) is 78.2 Å². The van der Waals surface area contributed by atoms with E-state index in [4.69, 9.17) is 0 Å². The van der Waals surface area contributed by atoms with Gasteiger partial charge < -0.3 is 9.67 Å². The van der Waals surface area contributed by atoms with Gasteiger partial charge in [-0.15, -0.1) is 11.3 Å². The van der Waals surface area contributed by atoms with Crippen LogP contribution in [0, 0.1) is 6.92 Å². The van der Waals surface area contributed by atoms with E-state index in [0.29, 0.717) is 12.0 Å². The summed E-state index contributed by atoms with van der Waals surface area (Å²) in [6, 6.07) is 24.1. The van der Waals surface area contributed by atoms with Gasteiger partial charge in [-0.05, 0) is 72.3 Å². The Labute approximate surface area is 191 Å². The van der Waals surface area contributed by atoms with E-state index >= 15 is 0 Å². The molecule has 0 aliphatic heterocycles. The minimum absolute atomic E-state index is 0.0510. The summed E-state index contributed by atoms with van der Waals surface area (Å²) in [5, 5.41) is 15.1. The Kier molecular flexibility index (Phi) is 5.41. The van der Waals surface area contributed by atoms with E-state index < -0.39 is 6.10 Å². The van der Waals surface area contributed by atoms with E-state index in [2.05, 4.69) is 42.7 Å². The van der Waals surface area contributed by atoms with Crippen LogP contribution in [0.4, 0.5) is 0 Å². The summed E-state index contributed by atoms with van der Waals surface area (Å²) in [6.07, 6.45) is -0.0105. The van der Waals surface area contributed by atoms with Crippen LogP contribution in [0.3, 0.4) is 0 Å². The maximum absolute atomic E-state index is 12.9. The second-order valence-electron chi connectivity index (χ2n) is 8.21. The van der Waals surface area contributed by atoms with Gasteiger partial charge in [0.25, 0.3) is 0 Å². The quantitative estimate of drug-likeness (QED) is 0.299. The zero-order chi connectivity index (χ0) is 22.2. The van der Waals surface area contributed by atoms with Gasteiger partial charge in [-0.1, -0.05) is 36.4 Å². The number of aliphatic hydroxyl groups excluding tert-OH is 1. The van der Waals surface area contributed by atoms with E-state index in [9.17, 15) is 9.90 Å². The van der Waals surface area contributed by atoms with Gasteiger partial charge in [0.05, 0.1) is 11.0 Å². The van der Waals surface area contributed by atoms with E-state index in [0.717, 1.165) is 44.4 Å². The first kappa shape index (κ1) is 20.7. The molecule has 3 aromatic carbocycles. The minimum atomic E-state index is -0.587. The molecule has 1 N–H and O–H groups in total. The number of thiophene rings is 1. The highest BCUT2D eigenvalue weighted by Crippen LogP contribution is 2.33. The van der Waals surface area contributed by atoms with Crippen molar-refractivity contribution < 1.29 is 9.90 Å². The summed E-state index contributed by atoms with van der Waals surface area (Å²) in [5.74, 6) is 0.0510. The van der Waals surface area contributed by atoms with Crippen molar-refractivity contribution in [1.82, 2.24) is 4.57 Å². The molecule has 0 bridgehead atoms. The molecule has 0 amide bonds. The van der Waals surface area contributed by atoms with E-state index in [-0.39, 0.29) is 5.78 Å². The molecule has 2 aromatic heterocycles. The molecule has 0 spiro atoms. The molecule has 1 unspecified atom stereocenters. The van der Waals surface area contributed by atoms with Gasteiger partial charge in [0, 0.05) is 40.3 Å². The summed E-state index contributed by atoms with van der Waals surface area (Å²) < 4.78 is 2.27. The number of rotatable bonds is 6. The van der Waals surface area contributed by atoms with E-state index in [1.165, 1.54) is 16.9 Å². The van der Waals surface area contributed by atoms with Gasteiger partial charge in [-0.3, -0.25) is 4.79 Å². The largest absolute Gasteiger partial charge is 0.388 e. The molecule has 2 heterocycles. The van der Waals surface area contributed by atoms with Crippen molar-refractivity contribution in [2.24, 2.45) is 0 Å². The van der Waals surface area contributed by atoms with Gasteiger partial charge in [0.2, 0.25) is 5.78 Å². The van der Waals surface area contributed by atoms with Gasteiger partial charge in [0.1, 0.15) is 0 Å². The average molecular weight is 440 g/mol. The van der Waals surface area contributed by atoms with Crippen molar-refractivity contribution in [2.45, 2.75) is 32.9 Å². The van der Waals surface area contributed by atoms with Crippen molar-refractivity contribution in [1.29, 1.82) is 0 Å². The third kappa shape index (κ3) is 3.56. The summed E-state index contributed by atoms with van der Waals surface area (Å²) in [4.78, 5) is 13.7. The molecule has 0 aliphatic rings. The molecule has 3 nitrogen and oxygen atoms in total. The Hall–Kier alpha value is -3.21. The molecule has 4 heteroatoms. The van der Waals surface area contributed by atoms with Crippen LogP contribution in [-0.4, -0.2) is 15.5 Å². The van der Waals surface area contributed by atoms with Crippen LogP contribution in [0.5, 0.6) is 0 Å². The monoisotopic (exact) mass is 439 g/mol. The van der Waals surface area contributed by atoms with Crippen molar-refractivity contribution in [2.75, 3.05) is 0 Å². The van der Waals surface area contributed by atoms with Crippen LogP contribution in [0.25, 0.3) is 21.8 Å². The molecule has 0 saturated heterocycles. The number of aliphatic hydroxyl groups is 1. The van der Waals surface area contributed by atoms with Crippen molar-refractivity contribution in [3.63, 3.8) is 0 Å². The topological polar surface area (TPSA) is 42.2 Å². The number of carbonyl (C=O) groups is 1. The molecule has 0 radical (unpaired) electrons. The molecule has 5 aromatic rings. The molecule has 32 heavy (non-hydrogen) atoms. The SMILES string of the molecule is CCn1c2ccc(C(=O)c3cccs3)cc2c2cc(C(O)Cc3ccccc3C)ccc21. The molecule has 160 valence electrons. The maximum Gasteiger partial charge on any atom is 0.202 e. The fourth-order valence-corrected chi connectivity index (χ4v) is 5.21. The Morgan fingerprint density at radius 3 is 2.44 bits per heavy atom. The zero-order valence-corrected chi connectivity index (χ0v) is 19.0. The number of carbonyl (C=O) groups excluding carboxylic acids is 1. The Bertz CT molecular complexity index is 1430. The predicted octanol–water partition coefficient (Wildman–Crippen LogP) is 6.69. The molecule has 0 aliphatic carbocycles. The summed E-state index contributed by atoms with van der Waals surface area (Å²) in [6.45, 7) is 5.04. The van der Waals surface area contributed by atoms with Crippen molar-refractivity contribution >= 4 is 38.9 Å². The zero-order valence-electron chi connectivity index (χ0n) is 18.2. The normalized spacial score (nSPS) is 12.5. The summed E-state index contributed by atoms with van der Waals surface area (Å²) in [7, 11) is 0. The Balaban J connectivity index is 1.60. The lowest BCUT2D eigenvalue weighted by Crippen LogP contribution is -2.03. The lowest BCUT2D eigenvalue weighted by molar-refractivity contribution is 0.104. The predicted molar refractivity (Wildman–Crippen MR) is 133 cm³/mol. The van der Waals surface area contributed by atoms with Crippen molar-refractivity contribution in [3.8, 4) is 0 Å². The van der Waals surface area contributed by atoms with E-state index in [1.807, 2.05) is 53.9 Å². The van der Waals surface area contributed by atoms with Crippen LogP contribution in [0.1, 0.15) is 45.0 Å². The molecule has 0 saturated carbocycles. The number of hydrogen-bond donors (Lipinski definition) is 1. The summed E-state index contributed by atoms with van der Waals surface area (Å²) in [5.41, 5.74) is 6.16. The van der Waals surface area contributed by atoms with Gasteiger partial charge in [0.15, 0.2) is 0 Å². The second kappa shape index (κ2) is 8.38. The molecular formula is C28H25NO2S. The second-order valence-corrected chi connectivity index (χ2v) is 9.15. The first-order valence-corrected chi connectivity index (χ1v) is 11.8. The number of fused-ring (bicyclic) bond motifs is 3. The van der Waals surface area contributed by atoms with Crippen molar-refractivity contribution in [3.05, 3.63) is 105 Å². The molecule has 5 rings (SSSR count). The fourth-order valence-electron chi connectivity index (χ4n) is 4.53. The van der Waals surface area contributed by atoms with Crippen LogP contribution in [0.2, 0.25) is 0 Å². The third-order valence-electron chi connectivity index (χ3n) is 6.27. The van der Waals surface area contributed by atoms with Gasteiger partial charge in [-0.25, -0.2) is 0 Å². The highest BCUT2D eigenvalue weighted by atomic mass is 32.1.